The maximum Gasteiger partial charge on any atom is 0.238 e. The first-order valence-corrected chi connectivity index (χ1v) is 6.69. The quantitative estimate of drug-likeness (QED) is 0.803. The zero-order chi connectivity index (χ0) is 15.2. The summed E-state index contributed by atoms with van der Waals surface area (Å²) in [6.45, 7) is 6.18. The summed E-state index contributed by atoms with van der Waals surface area (Å²) in [6.07, 6.45) is 0. The Morgan fingerprint density at radius 1 is 1.35 bits per heavy atom. The van der Waals surface area contributed by atoms with Gasteiger partial charge in [0, 0.05) is 18.8 Å². The highest BCUT2D eigenvalue weighted by Crippen LogP contribution is 2.14. The number of amides is 1. The molecular weight excluding hydrogens is 257 g/mol. The van der Waals surface area contributed by atoms with Crippen molar-refractivity contribution in [2.45, 2.75) is 13.8 Å². The third-order valence-corrected chi connectivity index (χ3v) is 2.74. The number of nitrogens with one attached hydrogen (secondary N) is 2. The molecule has 0 atom stereocenters. The average molecular weight is 281 g/mol. The van der Waals surface area contributed by atoms with Crippen LogP contribution in [0, 0.1) is 11.2 Å². The number of anilines is 1. The van der Waals surface area contributed by atoms with Crippen LogP contribution in [0.4, 0.5) is 10.1 Å². The van der Waals surface area contributed by atoms with Crippen LogP contribution in [0.15, 0.2) is 24.3 Å². The maximum absolute atomic E-state index is 13.0. The zero-order valence-corrected chi connectivity index (χ0v) is 12.7. The molecule has 0 aliphatic rings. The molecule has 0 radical (unpaired) electrons. The van der Waals surface area contributed by atoms with E-state index in [-0.39, 0.29) is 23.7 Å². The lowest BCUT2D eigenvalue weighted by atomic mass is 9.93. The van der Waals surface area contributed by atoms with Gasteiger partial charge in [-0.25, -0.2) is 4.39 Å². The lowest BCUT2D eigenvalue weighted by molar-refractivity contribution is -0.115. The Balaban J connectivity index is 2.33. The van der Waals surface area contributed by atoms with Crippen LogP contribution in [0.25, 0.3) is 0 Å². The predicted molar refractivity (Wildman–Crippen MR) is 80.2 cm³/mol. The molecule has 5 heteroatoms. The second kappa shape index (κ2) is 7.36. The monoisotopic (exact) mass is 281 g/mol. The van der Waals surface area contributed by atoms with E-state index < -0.39 is 0 Å². The van der Waals surface area contributed by atoms with Gasteiger partial charge in [-0.3, -0.25) is 4.79 Å². The molecule has 0 aliphatic carbocycles. The molecule has 0 spiro atoms. The summed E-state index contributed by atoms with van der Waals surface area (Å²) in [6, 6.07) is 5.88. The first-order chi connectivity index (χ1) is 9.28. The summed E-state index contributed by atoms with van der Waals surface area (Å²) >= 11 is 0. The largest absolute Gasteiger partial charge is 0.325 e. The molecule has 0 unspecified atom stereocenters. The van der Waals surface area contributed by atoms with Crippen molar-refractivity contribution in [1.82, 2.24) is 10.2 Å². The van der Waals surface area contributed by atoms with Gasteiger partial charge in [0.2, 0.25) is 5.91 Å². The Kier molecular flexibility index (Phi) is 6.10. The van der Waals surface area contributed by atoms with Crippen LogP contribution in [0.3, 0.4) is 0 Å². The average Bonchev–Trinajstić information content (AvgIpc) is 2.26. The minimum Gasteiger partial charge on any atom is -0.325 e. The number of rotatable bonds is 7. The SMILES string of the molecule is CN(C)CC(C)(C)CNCC(=O)Nc1cccc(F)c1. The normalized spacial score (nSPS) is 11.7. The molecule has 0 heterocycles. The van der Waals surface area contributed by atoms with Crippen molar-refractivity contribution in [2.75, 3.05) is 39.0 Å². The summed E-state index contributed by atoms with van der Waals surface area (Å²) < 4.78 is 13.0. The summed E-state index contributed by atoms with van der Waals surface area (Å²) in [4.78, 5) is 13.8. The van der Waals surface area contributed by atoms with Gasteiger partial charge in [-0.2, -0.15) is 0 Å². The van der Waals surface area contributed by atoms with Crippen molar-refractivity contribution in [3.63, 3.8) is 0 Å². The maximum atomic E-state index is 13.0. The second-order valence-electron chi connectivity index (χ2n) is 6.06. The first-order valence-electron chi connectivity index (χ1n) is 6.69. The van der Waals surface area contributed by atoms with E-state index in [2.05, 4.69) is 29.4 Å². The predicted octanol–water partition coefficient (Wildman–Crippen LogP) is 1.94. The molecule has 0 fully saturated rings. The Labute approximate surface area is 120 Å². The number of carbonyl (C=O) groups excluding carboxylic acids is 1. The first kappa shape index (κ1) is 16.6. The van der Waals surface area contributed by atoms with Crippen LogP contribution in [-0.2, 0) is 4.79 Å². The molecule has 1 aromatic rings. The second-order valence-corrected chi connectivity index (χ2v) is 6.06. The highest BCUT2D eigenvalue weighted by Gasteiger charge is 2.18. The minimum atomic E-state index is -0.358. The van der Waals surface area contributed by atoms with Crippen molar-refractivity contribution in [2.24, 2.45) is 5.41 Å². The summed E-state index contributed by atoms with van der Waals surface area (Å²) in [5.41, 5.74) is 0.562. The van der Waals surface area contributed by atoms with Gasteiger partial charge in [-0.1, -0.05) is 19.9 Å². The van der Waals surface area contributed by atoms with Crippen molar-refractivity contribution in [1.29, 1.82) is 0 Å². The van der Waals surface area contributed by atoms with Gasteiger partial charge in [0.05, 0.1) is 6.54 Å². The smallest absolute Gasteiger partial charge is 0.238 e. The number of halogens is 1. The number of benzene rings is 1. The number of hydrogen-bond acceptors (Lipinski definition) is 3. The van der Waals surface area contributed by atoms with Crippen LogP contribution in [0.2, 0.25) is 0 Å². The lowest BCUT2D eigenvalue weighted by Crippen LogP contribution is -2.40. The Morgan fingerprint density at radius 3 is 2.65 bits per heavy atom. The highest BCUT2D eigenvalue weighted by molar-refractivity contribution is 5.92. The third kappa shape index (κ3) is 6.63. The summed E-state index contributed by atoms with van der Waals surface area (Å²) in [5.74, 6) is -0.529. The zero-order valence-electron chi connectivity index (χ0n) is 12.7. The van der Waals surface area contributed by atoms with Crippen LogP contribution >= 0.6 is 0 Å². The number of nitrogens with zero attached hydrogens (tertiary/aromatic N) is 1. The van der Waals surface area contributed by atoms with E-state index in [0.717, 1.165) is 13.1 Å². The number of carbonyl (C=O) groups is 1. The molecule has 2 N–H and O–H groups in total. The third-order valence-electron chi connectivity index (χ3n) is 2.74. The van der Waals surface area contributed by atoms with Crippen LogP contribution in [0.1, 0.15) is 13.8 Å². The molecule has 1 aromatic carbocycles. The molecule has 4 nitrogen and oxygen atoms in total. The fourth-order valence-electron chi connectivity index (χ4n) is 2.20. The molecular formula is C15H24FN3O. The Morgan fingerprint density at radius 2 is 2.05 bits per heavy atom. The van der Waals surface area contributed by atoms with E-state index in [1.807, 2.05) is 14.1 Å². The van der Waals surface area contributed by atoms with Gasteiger partial charge in [0.1, 0.15) is 5.82 Å². The van der Waals surface area contributed by atoms with E-state index in [4.69, 9.17) is 0 Å². The van der Waals surface area contributed by atoms with Crippen molar-refractivity contribution in [3.05, 3.63) is 30.1 Å². The molecule has 1 rings (SSSR count). The molecule has 0 bridgehead atoms. The van der Waals surface area contributed by atoms with Gasteiger partial charge >= 0.3 is 0 Å². The van der Waals surface area contributed by atoms with Crippen LogP contribution in [0.5, 0.6) is 0 Å². The van der Waals surface area contributed by atoms with E-state index in [0.29, 0.717) is 5.69 Å². The van der Waals surface area contributed by atoms with E-state index >= 15 is 0 Å². The van der Waals surface area contributed by atoms with E-state index in [1.165, 1.54) is 12.1 Å². The van der Waals surface area contributed by atoms with Crippen molar-refractivity contribution >= 4 is 11.6 Å². The summed E-state index contributed by atoms with van der Waals surface area (Å²) in [5, 5.41) is 5.79. The fraction of sp³-hybridized carbons (Fsp3) is 0.533. The Hall–Kier alpha value is -1.46. The van der Waals surface area contributed by atoms with Gasteiger partial charge in [-0.05, 0) is 37.7 Å². The topological polar surface area (TPSA) is 44.4 Å². The molecule has 0 saturated heterocycles. The van der Waals surface area contributed by atoms with Crippen LogP contribution < -0.4 is 10.6 Å². The van der Waals surface area contributed by atoms with E-state index in [1.54, 1.807) is 12.1 Å². The van der Waals surface area contributed by atoms with Crippen LogP contribution in [-0.4, -0.2) is 44.5 Å². The van der Waals surface area contributed by atoms with Gasteiger partial charge in [-0.15, -0.1) is 0 Å². The minimum absolute atomic E-state index is 0.0859. The van der Waals surface area contributed by atoms with Gasteiger partial charge < -0.3 is 15.5 Å². The molecule has 0 aromatic heterocycles. The van der Waals surface area contributed by atoms with Crippen molar-refractivity contribution < 1.29 is 9.18 Å². The molecule has 0 saturated carbocycles. The van der Waals surface area contributed by atoms with Crippen molar-refractivity contribution in [3.8, 4) is 0 Å². The van der Waals surface area contributed by atoms with Gasteiger partial charge in [0.25, 0.3) is 0 Å². The Bertz CT molecular complexity index is 446. The van der Waals surface area contributed by atoms with Gasteiger partial charge in [0.15, 0.2) is 0 Å². The van der Waals surface area contributed by atoms with E-state index in [9.17, 15) is 9.18 Å². The highest BCUT2D eigenvalue weighted by atomic mass is 19.1. The molecule has 112 valence electrons. The lowest BCUT2D eigenvalue weighted by Gasteiger charge is -2.28. The summed E-state index contributed by atoms with van der Waals surface area (Å²) in [7, 11) is 4.05. The number of hydrogen-bond donors (Lipinski definition) is 2. The molecule has 1 amide bonds. The molecule has 0 aliphatic heterocycles. The molecule has 20 heavy (non-hydrogen) atoms. The standard InChI is InChI=1S/C15H24FN3O/c1-15(2,11-19(3)4)10-17-9-14(20)18-13-7-5-6-12(16)8-13/h5-8,17H,9-11H2,1-4H3,(H,18,20). The fourth-order valence-corrected chi connectivity index (χ4v) is 2.20.